The van der Waals surface area contributed by atoms with Crippen molar-refractivity contribution in [2.24, 2.45) is 0 Å². The van der Waals surface area contributed by atoms with Gasteiger partial charge in [0.05, 0.1) is 5.33 Å². The maximum Gasteiger partial charge on any atom is 0.538 e. The lowest BCUT2D eigenvalue weighted by Crippen LogP contribution is -1.99. The summed E-state index contributed by atoms with van der Waals surface area (Å²) >= 11 is 2.82. The van der Waals surface area contributed by atoms with E-state index >= 15 is 0 Å². The van der Waals surface area contributed by atoms with Crippen molar-refractivity contribution >= 4 is 41.3 Å². The van der Waals surface area contributed by atoms with Gasteiger partial charge in [0.15, 0.2) is 17.4 Å². The van der Waals surface area contributed by atoms with Gasteiger partial charge in [-0.05, 0) is 4.57 Å². The summed E-state index contributed by atoms with van der Waals surface area (Å²) in [4.78, 5) is 8.05. The molecular weight excluding hydrogens is 210 g/mol. The molecule has 2 unspecified atom stereocenters. The maximum atomic E-state index is 9.80. The van der Waals surface area contributed by atoms with E-state index in [1.54, 1.807) is 0 Å². The average molecular weight is 218 g/mol. The van der Waals surface area contributed by atoms with Gasteiger partial charge in [-0.3, -0.25) is 0 Å². The van der Waals surface area contributed by atoms with Crippen LogP contribution in [0.1, 0.15) is 0 Å². The van der Waals surface area contributed by atoms with Gasteiger partial charge in [-0.1, -0.05) is 15.9 Å². The molecule has 0 saturated carbocycles. The van der Waals surface area contributed by atoms with Gasteiger partial charge in [-0.25, -0.2) is 0 Å². The summed E-state index contributed by atoms with van der Waals surface area (Å²) in [5, 5.41) is 8.51. The molecule has 0 aromatic carbocycles. The lowest BCUT2D eigenvalue weighted by Gasteiger charge is -1.82. The summed E-state index contributed by atoms with van der Waals surface area (Å²) in [6.07, 6.45) is 0. The number of alkyl halides is 1. The van der Waals surface area contributed by atoms with Crippen molar-refractivity contribution in [2.75, 3.05) is 5.33 Å². The highest BCUT2D eigenvalue weighted by Gasteiger charge is 2.23. The third-order valence-corrected chi connectivity index (χ3v) is 2.20. The second-order valence-corrected chi connectivity index (χ2v) is 2.79. The zero-order valence-corrected chi connectivity index (χ0v) is 5.89. The normalized spacial score (nSPS) is 14.1. The SMILES string of the molecule is O=[P+](O)C(O)CBr.[AlH3]. The van der Waals surface area contributed by atoms with Crippen molar-refractivity contribution in [1.82, 2.24) is 0 Å². The Morgan fingerprint density at radius 3 is 2.12 bits per heavy atom. The molecule has 6 heteroatoms. The van der Waals surface area contributed by atoms with E-state index in [4.69, 9.17) is 10.00 Å². The van der Waals surface area contributed by atoms with Crippen LogP contribution in [0.25, 0.3) is 0 Å². The van der Waals surface area contributed by atoms with E-state index in [9.17, 15) is 4.57 Å². The van der Waals surface area contributed by atoms with E-state index in [1.807, 2.05) is 0 Å². The molecule has 0 amide bonds. The summed E-state index contributed by atoms with van der Waals surface area (Å²) < 4.78 is 9.80. The first kappa shape index (κ1) is 11.8. The van der Waals surface area contributed by atoms with E-state index in [-0.39, 0.29) is 22.7 Å². The van der Waals surface area contributed by atoms with E-state index < -0.39 is 13.9 Å². The third kappa shape index (κ3) is 5.17. The van der Waals surface area contributed by atoms with Crippen molar-refractivity contribution in [3.05, 3.63) is 0 Å². The van der Waals surface area contributed by atoms with Crippen molar-refractivity contribution in [3.8, 4) is 0 Å². The molecule has 3 nitrogen and oxygen atoms in total. The molecular formula is C2H8AlBrO3P+. The summed E-state index contributed by atoms with van der Waals surface area (Å²) in [5.74, 6) is -1.12. The highest BCUT2D eigenvalue weighted by Crippen LogP contribution is 2.20. The monoisotopic (exact) mass is 217 g/mol. The molecule has 0 bridgehead atoms. The lowest BCUT2D eigenvalue weighted by atomic mass is 10.9. The smallest absolute Gasteiger partial charge is 0.348 e. The molecule has 0 radical (unpaired) electrons. The molecule has 2 N–H and O–H groups in total. The van der Waals surface area contributed by atoms with Crippen molar-refractivity contribution in [3.63, 3.8) is 0 Å². The fourth-order valence-corrected chi connectivity index (χ4v) is 0.920. The van der Waals surface area contributed by atoms with Crippen LogP contribution in [-0.4, -0.2) is 38.5 Å². The zero-order valence-electron chi connectivity index (χ0n) is 3.41. The minimum atomic E-state index is -2.40. The molecule has 0 rings (SSSR count). The van der Waals surface area contributed by atoms with Gasteiger partial charge in [-0.2, -0.15) is 4.89 Å². The van der Waals surface area contributed by atoms with Crippen LogP contribution in [0.2, 0.25) is 0 Å². The largest absolute Gasteiger partial charge is 0.538 e. The van der Waals surface area contributed by atoms with Crippen LogP contribution >= 0.6 is 24.0 Å². The average Bonchev–Trinajstić information content (AvgIpc) is 1.65. The Hall–Kier alpha value is 1.03. The molecule has 0 saturated heterocycles. The summed E-state index contributed by atoms with van der Waals surface area (Å²) in [5.41, 5.74) is 0. The Labute approximate surface area is 67.2 Å². The first-order valence-electron chi connectivity index (χ1n) is 1.57. The molecule has 0 fully saturated rings. The number of rotatable bonds is 2. The number of hydrogen-bond donors (Lipinski definition) is 2. The van der Waals surface area contributed by atoms with Gasteiger partial charge in [0, 0.05) is 0 Å². The van der Waals surface area contributed by atoms with Crippen LogP contribution in [0.4, 0.5) is 0 Å². The van der Waals surface area contributed by atoms with Crippen LogP contribution in [-0.2, 0) is 4.57 Å². The number of halogens is 1. The predicted octanol–water partition coefficient (Wildman–Crippen LogP) is -0.750. The van der Waals surface area contributed by atoms with Crippen LogP contribution in [0.15, 0.2) is 0 Å². The predicted molar refractivity (Wildman–Crippen MR) is 39.6 cm³/mol. The highest BCUT2D eigenvalue weighted by molar-refractivity contribution is 9.09. The van der Waals surface area contributed by atoms with Crippen LogP contribution in [0.3, 0.4) is 0 Å². The van der Waals surface area contributed by atoms with E-state index in [2.05, 4.69) is 15.9 Å². The zero-order chi connectivity index (χ0) is 5.86. The molecule has 0 aliphatic carbocycles. The van der Waals surface area contributed by atoms with E-state index in [0.717, 1.165) is 0 Å². The molecule has 2 atom stereocenters. The van der Waals surface area contributed by atoms with Crippen LogP contribution < -0.4 is 0 Å². The van der Waals surface area contributed by atoms with Crippen molar-refractivity contribution in [2.45, 2.75) is 5.85 Å². The summed E-state index contributed by atoms with van der Waals surface area (Å²) in [6, 6.07) is 0. The fourth-order valence-electron chi connectivity index (χ4n) is 0.0590. The molecule has 0 aliphatic rings. The molecule has 0 aromatic heterocycles. The Bertz CT molecular complexity index is 79.7. The number of hydrogen-bond acceptors (Lipinski definition) is 2. The number of aliphatic hydroxyl groups is 1. The first-order chi connectivity index (χ1) is 3.18. The van der Waals surface area contributed by atoms with Gasteiger partial charge in [0.25, 0.3) is 5.85 Å². The number of aliphatic hydroxyl groups excluding tert-OH is 1. The van der Waals surface area contributed by atoms with Gasteiger partial charge < -0.3 is 5.11 Å². The van der Waals surface area contributed by atoms with Gasteiger partial charge in [0.2, 0.25) is 0 Å². The first-order valence-corrected chi connectivity index (χ1v) is 3.98. The molecule has 0 aromatic rings. The van der Waals surface area contributed by atoms with Crippen LogP contribution in [0.5, 0.6) is 0 Å². The minimum absolute atomic E-state index is 0. The van der Waals surface area contributed by atoms with Gasteiger partial charge >= 0.3 is 8.03 Å². The molecule has 0 spiro atoms. The van der Waals surface area contributed by atoms with E-state index in [0.29, 0.717) is 0 Å². The second kappa shape index (κ2) is 6.16. The molecule has 8 heavy (non-hydrogen) atoms. The maximum absolute atomic E-state index is 9.80. The molecule has 0 heterocycles. The van der Waals surface area contributed by atoms with Crippen molar-refractivity contribution in [1.29, 1.82) is 0 Å². The summed E-state index contributed by atoms with van der Waals surface area (Å²) in [6.45, 7) is 0. The standard InChI is InChI=1S/C2H4BrO3P.Al.3H/c3-1-2(4)7(5)6;;;;/h2,4H,1H2;;;;/p+1. The Morgan fingerprint density at radius 1 is 1.75 bits per heavy atom. The highest BCUT2D eigenvalue weighted by atomic mass is 79.9. The molecule has 0 aliphatic heterocycles. The van der Waals surface area contributed by atoms with Gasteiger partial charge in [0.1, 0.15) is 0 Å². The summed E-state index contributed by atoms with van der Waals surface area (Å²) in [7, 11) is -2.40. The topological polar surface area (TPSA) is 57.5 Å². The van der Waals surface area contributed by atoms with E-state index in [1.165, 1.54) is 0 Å². The Kier molecular flexibility index (Phi) is 9.07. The fraction of sp³-hybridized carbons (Fsp3) is 1.00. The third-order valence-electron chi connectivity index (χ3n) is 0.393. The Morgan fingerprint density at radius 2 is 2.12 bits per heavy atom. The van der Waals surface area contributed by atoms with Crippen LogP contribution in [0, 0.1) is 0 Å². The quantitative estimate of drug-likeness (QED) is 0.364. The van der Waals surface area contributed by atoms with Gasteiger partial charge in [-0.15, -0.1) is 0 Å². The minimum Gasteiger partial charge on any atom is -0.348 e. The molecule has 48 valence electrons. The lowest BCUT2D eigenvalue weighted by molar-refractivity contribution is 0.262. The van der Waals surface area contributed by atoms with Crippen molar-refractivity contribution < 1.29 is 14.6 Å². The second-order valence-electron chi connectivity index (χ2n) is 0.937. The Balaban J connectivity index is 0.